The summed E-state index contributed by atoms with van der Waals surface area (Å²) >= 11 is 5.40. The molecular weight excluding hydrogens is 300 g/mol. The van der Waals surface area contributed by atoms with Crippen LogP contribution in [0.3, 0.4) is 0 Å². The standard InChI is InChI=1S/C14H20N6OS/c21-9-10-8-20(7-6-15-10)14(22)19-18-12-3-5-16-11-2-1-4-17-13(11)12/h1-2,4,10,15-16,21H,3,5-9H2,(H,19,22)/b18-12-. The van der Waals surface area contributed by atoms with Gasteiger partial charge in [0.1, 0.15) is 5.69 Å². The number of anilines is 1. The number of pyridine rings is 1. The van der Waals surface area contributed by atoms with Gasteiger partial charge in [0, 0.05) is 44.8 Å². The summed E-state index contributed by atoms with van der Waals surface area (Å²) in [6, 6.07) is 3.96. The Hall–Kier alpha value is -1.77. The van der Waals surface area contributed by atoms with Crippen molar-refractivity contribution in [2.75, 3.05) is 38.1 Å². The monoisotopic (exact) mass is 320 g/mol. The van der Waals surface area contributed by atoms with Gasteiger partial charge in [0.05, 0.1) is 18.0 Å². The molecule has 1 unspecified atom stereocenters. The largest absolute Gasteiger partial charge is 0.395 e. The molecule has 118 valence electrons. The topological polar surface area (TPSA) is 84.8 Å². The number of aliphatic hydroxyl groups is 1. The second-order valence-electron chi connectivity index (χ2n) is 5.33. The number of fused-ring (bicyclic) bond motifs is 1. The fourth-order valence-electron chi connectivity index (χ4n) is 2.64. The highest BCUT2D eigenvalue weighted by atomic mass is 32.1. The SMILES string of the molecule is OCC1CN(C(=S)N/N=C2/CCNc3cccnc32)CCN1. The van der Waals surface area contributed by atoms with Crippen LogP contribution >= 0.6 is 12.2 Å². The number of nitrogens with one attached hydrogen (secondary N) is 3. The first-order valence-corrected chi connectivity index (χ1v) is 7.83. The van der Waals surface area contributed by atoms with E-state index in [1.54, 1.807) is 6.20 Å². The summed E-state index contributed by atoms with van der Waals surface area (Å²) in [4.78, 5) is 6.41. The first-order chi connectivity index (χ1) is 10.8. The van der Waals surface area contributed by atoms with Crippen LogP contribution < -0.4 is 16.1 Å². The Morgan fingerprint density at radius 3 is 3.32 bits per heavy atom. The van der Waals surface area contributed by atoms with Crippen LogP contribution in [-0.2, 0) is 0 Å². The van der Waals surface area contributed by atoms with Crippen LogP contribution in [0.25, 0.3) is 0 Å². The van der Waals surface area contributed by atoms with Gasteiger partial charge in [0.2, 0.25) is 0 Å². The maximum Gasteiger partial charge on any atom is 0.189 e. The molecule has 0 spiro atoms. The number of aromatic nitrogens is 1. The molecule has 2 aliphatic heterocycles. The van der Waals surface area contributed by atoms with Crippen LogP contribution in [-0.4, -0.2) is 64.6 Å². The molecule has 0 radical (unpaired) electrons. The maximum atomic E-state index is 9.24. The number of rotatable bonds is 2. The van der Waals surface area contributed by atoms with Crippen LogP contribution in [0.5, 0.6) is 0 Å². The molecule has 0 aliphatic carbocycles. The van der Waals surface area contributed by atoms with Crippen molar-refractivity contribution in [3.8, 4) is 0 Å². The molecule has 4 N–H and O–H groups in total. The molecular formula is C14H20N6OS. The van der Waals surface area contributed by atoms with Crippen molar-refractivity contribution in [3.05, 3.63) is 24.0 Å². The van der Waals surface area contributed by atoms with E-state index in [9.17, 15) is 5.11 Å². The van der Waals surface area contributed by atoms with Crippen molar-refractivity contribution in [2.24, 2.45) is 5.10 Å². The van der Waals surface area contributed by atoms with Gasteiger partial charge in [-0.1, -0.05) is 0 Å². The second-order valence-corrected chi connectivity index (χ2v) is 5.72. The number of piperazine rings is 1. The van der Waals surface area contributed by atoms with E-state index in [0.29, 0.717) is 11.7 Å². The number of aliphatic hydroxyl groups excluding tert-OH is 1. The van der Waals surface area contributed by atoms with E-state index in [0.717, 1.165) is 43.1 Å². The van der Waals surface area contributed by atoms with Crippen LogP contribution in [0.15, 0.2) is 23.4 Å². The van der Waals surface area contributed by atoms with Gasteiger partial charge < -0.3 is 20.6 Å². The number of nitrogens with zero attached hydrogens (tertiary/aromatic N) is 3. The number of thiocarbonyl (C=S) groups is 1. The third-order valence-corrected chi connectivity index (χ3v) is 4.16. The van der Waals surface area contributed by atoms with E-state index in [4.69, 9.17) is 12.2 Å². The molecule has 3 rings (SSSR count). The van der Waals surface area contributed by atoms with Gasteiger partial charge in [-0.2, -0.15) is 5.10 Å². The molecule has 0 saturated carbocycles. The first kappa shape index (κ1) is 15.1. The summed E-state index contributed by atoms with van der Waals surface area (Å²) in [5, 5.41) is 20.8. The Balaban J connectivity index is 1.65. The average molecular weight is 320 g/mol. The lowest BCUT2D eigenvalue weighted by molar-refractivity contribution is 0.190. The predicted octanol–water partition coefficient (Wildman–Crippen LogP) is -0.258. The third-order valence-electron chi connectivity index (χ3n) is 3.81. The molecule has 22 heavy (non-hydrogen) atoms. The van der Waals surface area contributed by atoms with Crippen molar-refractivity contribution in [2.45, 2.75) is 12.5 Å². The molecule has 1 atom stereocenters. The molecule has 1 aromatic heterocycles. The van der Waals surface area contributed by atoms with Gasteiger partial charge in [-0.05, 0) is 24.4 Å². The maximum absolute atomic E-state index is 9.24. The smallest absolute Gasteiger partial charge is 0.189 e. The number of hydrogen-bond donors (Lipinski definition) is 4. The summed E-state index contributed by atoms with van der Waals surface area (Å²) in [5.41, 5.74) is 5.76. The fraction of sp³-hybridized carbons (Fsp3) is 0.500. The van der Waals surface area contributed by atoms with Gasteiger partial charge in [0.25, 0.3) is 0 Å². The zero-order valence-corrected chi connectivity index (χ0v) is 13.1. The van der Waals surface area contributed by atoms with Crippen LogP contribution in [0, 0.1) is 0 Å². The van der Waals surface area contributed by atoms with Gasteiger partial charge >= 0.3 is 0 Å². The molecule has 0 aromatic carbocycles. The molecule has 8 heteroatoms. The summed E-state index contributed by atoms with van der Waals surface area (Å²) in [5.74, 6) is 0. The minimum Gasteiger partial charge on any atom is -0.395 e. The Kier molecular flexibility index (Phi) is 4.81. The predicted molar refractivity (Wildman–Crippen MR) is 90.1 cm³/mol. The molecule has 2 aliphatic rings. The lowest BCUT2D eigenvalue weighted by Crippen LogP contribution is -2.55. The van der Waals surface area contributed by atoms with Gasteiger partial charge in [-0.15, -0.1) is 0 Å². The Morgan fingerprint density at radius 1 is 1.55 bits per heavy atom. The van der Waals surface area contributed by atoms with E-state index >= 15 is 0 Å². The summed E-state index contributed by atoms with van der Waals surface area (Å²) in [6.07, 6.45) is 2.57. The van der Waals surface area contributed by atoms with Crippen molar-refractivity contribution < 1.29 is 5.11 Å². The van der Waals surface area contributed by atoms with Crippen LogP contribution in [0.2, 0.25) is 0 Å². The van der Waals surface area contributed by atoms with Crippen molar-refractivity contribution >= 4 is 28.7 Å². The van der Waals surface area contributed by atoms with E-state index in [1.807, 2.05) is 17.0 Å². The molecule has 1 aromatic rings. The molecule has 3 heterocycles. The van der Waals surface area contributed by atoms with Crippen molar-refractivity contribution in [1.29, 1.82) is 0 Å². The fourth-order valence-corrected chi connectivity index (χ4v) is 2.85. The highest BCUT2D eigenvalue weighted by Gasteiger charge is 2.21. The minimum absolute atomic E-state index is 0.0578. The highest BCUT2D eigenvalue weighted by Crippen LogP contribution is 2.18. The highest BCUT2D eigenvalue weighted by molar-refractivity contribution is 7.80. The molecule has 0 bridgehead atoms. The Bertz CT molecular complexity index is 578. The zero-order valence-electron chi connectivity index (χ0n) is 12.2. The Morgan fingerprint density at radius 2 is 2.45 bits per heavy atom. The average Bonchev–Trinajstić information content (AvgIpc) is 2.59. The molecule has 1 saturated heterocycles. The van der Waals surface area contributed by atoms with E-state index in [-0.39, 0.29) is 12.6 Å². The van der Waals surface area contributed by atoms with Gasteiger partial charge in [-0.25, -0.2) is 0 Å². The van der Waals surface area contributed by atoms with E-state index in [2.05, 4.69) is 26.1 Å². The first-order valence-electron chi connectivity index (χ1n) is 7.43. The van der Waals surface area contributed by atoms with Crippen LogP contribution in [0.4, 0.5) is 5.69 Å². The minimum atomic E-state index is 0.0578. The lowest BCUT2D eigenvalue weighted by Gasteiger charge is -2.34. The quantitative estimate of drug-likeness (QED) is 0.441. The normalized spacial score (nSPS) is 22.9. The van der Waals surface area contributed by atoms with E-state index in [1.165, 1.54) is 0 Å². The van der Waals surface area contributed by atoms with E-state index < -0.39 is 0 Å². The summed E-state index contributed by atoms with van der Waals surface area (Å²) in [7, 11) is 0. The summed E-state index contributed by atoms with van der Waals surface area (Å²) < 4.78 is 0. The lowest BCUT2D eigenvalue weighted by atomic mass is 10.1. The number of hydrazone groups is 1. The van der Waals surface area contributed by atoms with Gasteiger partial charge in [-0.3, -0.25) is 10.4 Å². The Labute approximate surface area is 134 Å². The molecule has 0 amide bonds. The van der Waals surface area contributed by atoms with Gasteiger partial charge in [0.15, 0.2) is 5.11 Å². The van der Waals surface area contributed by atoms with Crippen molar-refractivity contribution in [3.63, 3.8) is 0 Å². The molecule has 1 fully saturated rings. The third kappa shape index (κ3) is 3.34. The van der Waals surface area contributed by atoms with Crippen LogP contribution in [0.1, 0.15) is 12.1 Å². The second kappa shape index (κ2) is 6.99. The molecule has 7 nitrogen and oxygen atoms in total. The summed E-state index contributed by atoms with van der Waals surface area (Å²) in [6.45, 7) is 3.24. The zero-order chi connectivity index (χ0) is 15.4. The van der Waals surface area contributed by atoms with Crippen molar-refractivity contribution in [1.82, 2.24) is 20.6 Å². The number of hydrogen-bond acceptors (Lipinski definition) is 6.